The molecule has 0 aliphatic heterocycles. The van der Waals surface area contributed by atoms with Crippen molar-refractivity contribution >= 4 is 11.6 Å². The van der Waals surface area contributed by atoms with E-state index in [0.717, 1.165) is 28.1 Å². The summed E-state index contributed by atoms with van der Waals surface area (Å²) in [6.07, 6.45) is 7.11. The van der Waals surface area contributed by atoms with Crippen molar-refractivity contribution in [2.75, 3.05) is 0 Å². The van der Waals surface area contributed by atoms with Crippen LogP contribution < -0.4 is 0 Å². The van der Waals surface area contributed by atoms with Gasteiger partial charge in [0.1, 0.15) is 0 Å². The third kappa shape index (κ3) is 2.53. The number of hydrogen-bond donors (Lipinski definition) is 0. The molecule has 0 aliphatic carbocycles. The van der Waals surface area contributed by atoms with Gasteiger partial charge in [0.15, 0.2) is 0 Å². The molecule has 0 saturated heterocycles. The van der Waals surface area contributed by atoms with Gasteiger partial charge in [0.2, 0.25) is 0 Å². The largest absolute Gasteiger partial charge is 0.264 e. The molecule has 0 atom stereocenters. The first-order valence-corrected chi connectivity index (χ1v) is 6.78. The van der Waals surface area contributed by atoms with E-state index in [9.17, 15) is 0 Å². The Morgan fingerprint density at radius 3 is 2.15 bits per heavy atom. The summed E-state index contributed by atoms with van der Waals surface area (Å²) in [5, 5.41) is 0. The Labute approximate surface area is 122 Å². The Hall–Kier alpha value is -2.26. The van der Waals surface area contributed by atoms with Crippen molar-refractivity contribution in [3.63, 3.8) is 0 Å². The molecule has 0 saturated carbocycles. The maximum Gasteiger partial charge on any atom is 0.0721 e. The first-order valence-electron chi connectivity index (χ1n) is 6.25. The lowest BCUT2D eigenvalue weighted by Crippen LogP contribution is -1.94. The third-order valence-corrected chi connectivity index (χ3v) is 3.28. The molecule has 0 bridgehead atoms. The Morgan fingerprint density at radius 2 is 1.55 bits per heavy atom. The van der Waals surface area contributed by atoms with Gasteiger partial charge in [-0.3, -0.25) is 15.0 Å². The average molecular weight is 282 g/mol. The van der Waals surface area contributed by atoms with Crippen LogP contribution in [-0.4, -0.2) is 15.0 Å². The van der Waals surface area contributed by atoms with Gasteiger partial charge in [0.25, 0.3) is 0 Å². The van der Waals surface area contributed by atoms with Crippen molar-refractivity contribution in [3.05, 3.63) is 66.9 Å². The zero-order valence-electron chi connectivity index (χ0n) is 10.7. The Bertz CT molecular complexity index is 699. The second-order valence-corrected chi connectivity index (χ2v) is 4.58. The van der Waals surface area contributed by atoms with Gasteiger partial charge in [-0.2, -0.15) is 0 Å². The Balaban J connectivity index is 2.07. The minimum absolute atomic E-state index is 0.359. The van der Waals surface area contributed by atoms with Crippen molar-refractivity contribution in [2.24, 2.45) is 0 Å². The van der Waals surface area contributed by atoms with Crippen molar-refractivity contribution in [3.8, 4) is 22.4 Å². The highest BCUT2D eigenvalue weighted by Gasteiger charge is 2.08. The van der Waals surface area contributed by atoms with Crippen LogP contribution in [0.15, 0.2) is 61.2 Å². The quantitative estimate of drug-likeness (QED) is 0.683. The minimum atomic E-state index is 0.359. The van der Waals surface area contributed by atoms with Crippen molar-refractivity contribution in [2.45, 2.75) is 5.88 Å². The highest BCUT2D eigenvalue weighted by Crippen LogP contribution is 2.26. The summed E-state index contributed by atoms with van der Waals surface area (Å²) in [6, 6.07) is 11.8. The standard InChI is InChI=1S/C16H12ClN3/c17-9-16-14(12-3-1-7-18-10-12)5-6-15(20-16)13-4-2-8-19-11-13/h1-8,10-11H,9H2. The molecule has 3 nitrogen and oxygen atoms in total. The molecule has 0 aliphatic rings. The lowest BCUT2D eigenvalue weighted by molar-refractivity contribution is 1.17. The molecule has 0 spiro atoms. The average Bonchev–Trinajstić information content (AvgIpc) is 2.56. The van der Waals surface area contributed by atoms with Gasteiger partial charge >= 0.3 is 0 Å². The lowest BCUT2D eigenvalue weighted by atomic mass is 10.0. The van der Waals surface area contributed by atoms with Crippen LogP contribution in [0.1, 0.15) is 5.69 Å². The fraction of sp³-hybridized carbons (Fsp3) is 0.0625. The number of alkyl halides is 1. The fourth-order valence-corrected chi connectivity index (χ4v) is 2.27. The highest BCUT2D eigenvalue weighted by molar-refractivity contribution is 6.17. The van der Waals surface area contributed by atoms with Crippen molar-refractivity contribution in [1.29, 1.82) is 0 Å². The van der Waals surface area contributed by atoms with Crippen LogP contribution in [0.2, 0.25) is 0 Å². The molecule has 0 unspecified atom stereocenters. The summed E-state index contributed by atoms with van der Waals surface area (Å²) in [4.78, 5) is 12.9. The number of aromatic nitrogens is 3. The van der Waals surface area contributed by atoms with E-state index in [0.29, 0.717) is 5.88 Å². The van der Waals surface area contributed by atoms with E-state index in [1.54, 1.807) is 18.6 Å². The SMILES string of the molecule is ClCc1nc(-c2cccnc2)ccc1-c1cccnc1. The van der Waals surface area contributed by atoms with Crippen LogP contribution in [0.4, 0.5) is 0 Å². The molecular weight excluding hydrogens is 270 g/mol. The van der Waals surface area contributed by atoms with Crippen molar-refractivity contribution < 1.29 is 0 Å². The van der Waals surface area contributed by atoms with E-state index in [1.165, 1.54) is 0 Å². The molecule has 98 valence electrons. The number of pyridine rings is 3. The normalized spacial score (nSPS) is 10.4. The minimum Gasteiger partial charge on any atom is -0.264 e. The van der Waals surface area contributed by atoms with E-state index in [4.69, 9.17) is 11.6 Å². The molecule has 3 rings (SSSR count). The van der Waals surface area contributed by atoms with Crippen LogP contribution >= 0.6 is 11.6 Å². The second kappa shape index (κ2) is 5.80. The summed E-state index contributed by atoms with van der Waals surface area (Å²) >= 11 is 6.04. The molecule has 3 heterocycles. The molecular formula is C16H12ClN3. The molecule has 3 aromatic rings. The predicted molar refractivity (Wildman–Crippen MR) is 80.3 cm³/mol. The summed E-state index contributed by atoms with van der Waals surface area (Å²) in [6.45, 7) is 0. The molecule has 0 N–H and O–H groups in total. The molecule has 0 fully saturated rings. The second-order valence-electron chi connectivity index (χ2n) is 4.31. The molecule has 0 radical (unpaired) electrons. The van der Waals surface area contributed by atoms with Crippen LogP contribution in [-0.2, 0) is 5.88 Å². The van der Waals surface area contributed by atoms with Gasteiger partial charge in [0, 0.05) is 41.5 Å². The third-order valence-electron chi connectivity index (χ3n) is 3.03. The van der Waals surface area contributed by atoms with E-state index in [-0.39, 0.29) is 0 Å². The number of nitrogens with zero attached hydrogens (tertiary/aromatic N) is 3. The fourth-order valence-electron chi connectivity index (χ4n) is 2.06. The summed E-state index contributed by atoms with van der Waals surface area (Å²) in [5.41, 5.74) is 4.74. The molecule has 4 heteroatoms. The summed E-state index contributed by atoms with van der Waals surface area (Å²) < 4.78 is 0. The zero-order chi connectivity index (χ0) is 13.8. The molecule has 3 aromatic heterocycles. The van der Waals surface area contributed by atoms with E-state index >= 15 is 0 Å². The Morgan fingerprint density at radius 1 is 0.850 bits per heavy atom. The summed E-state index contributed by atoms with van der Waals surface area (Å²) in [5.74, 6) is 0.359. The van der Waals surface area contributed by atoms with Gasteiger partial charge in [-0.05, 0) is 24.3 Å². The van der Waals surface area contributed by atoms with E-state index in [1.807, 2.05) is 42.6 Å². The molecule has 0 amide bonds. The van der Waals surface area contributed by atoms with Gasteiger partial charge in [-0.15, -0.1) is 11.6 Å². The zero-order valence-corrected chi connectivity index (χ0v) is 11.5. The van der Waals surface area contributed by atoms with Crippen LogP contribution in [0, 0.1) is 0 Å². The maximum absolute atomic E-state index is 6.04. The van der Waals surface area contributed by atoms with Gasteiger partial charge in [-0.1, -0.05) is 12.1 Å². The van der Waals surface area contributed by atoms with Crippen molar-refractivity contribution in [1.82, 2.24) is 15.0 Å². The van der Waals surface area contributed by atoms with Crippen LogP contribution in [0.3, 0.4) is 0 Å². The maximum atomic E-state index is 6.04. The smallest absolute Gasteiger partial charge is 0.0721 e. The van der Waals surface area contributed by atoms with E-state index < -0.39 is 0 Å². The first kappa shape index (κ1) is 12.8. The molecule has 20 heavy (non-hydrogen) atoms. The predicted octanol–water partition coefficient (Wildman–Crippen LogP) is 3.94. The van der Waals surface area contributed by atoms with Gasteiger partial charge < -0.3 is 0 Å². The lowest BCUT2D eigenvalue weighted by Gasteiger charge is -2.09. The van der Waals surface area contributed by atoms with Crippen LogP contribution in [0.25, 0.3) is 22.4 Å². The molecule has 0 aromatic carbocycles. The number of hydrogen-bond acceptors (Lipinski definition) is 3. The van der Waals surface area contributed by atoms with Crippen LogP contribution in [0.5, 0.6) is 0 Å². The summed E-state index contributed by atoms with van der Waals surface area (Å²) in [7, 11) is 0. The van der Waals surface area contributed by atoms with E-state index in [2.05, 4.69) is 15.0 Å². The first-order chi connectivity index (χ1) is 9.88. The number of rotatable bonds is 3. The van der Waals surface area contributed by atoms with Gasteiger partial charge in [-0.25, -0.2) is 0 Å². The van der Waals surface area contributed by atoms with Gasteiger partial charge in [0.05, 0.1) is 17.3 Å². The topological polar surface area (TPSA) is 38.7 Å². The highest BCUT2D eigenvalue weighted by atomic mass is 35.5. The Kier molecular flexibility index (Phi) is 3.70. The monoisotopic (exact) mass is 281 g/mol. The number of halogens is 1.